The number of carbonyl (C=O) groups is 1. The van der Waals surface area contributed by atoms with Crippen LogP contribution in [0.1, 0.15) is 373 Å². The van der Waals surface area contributed by atoms with Crippen molar-refractivity contribution >= 4 is 5.91 Å². The maximum absolute atomic E-state index is 12.6. The van der Waals surface area contributed by atoms with E-state index in [2.05, 4.69) is 43.5 Å². The van der Waals surface area contributed by atoms with Crippen molar-refractivity contribution in [1.29, 1.82) is 0 Å². The monoisotopic (exact) mass is 1010 g/mol. The maximum atomic E-state index is 12.6. The van der Waals surface area contributed by atoms with E-state index < -0.39 is 18.2 Å². The molecule has 0 spiro atoms. The summed E-state index contributed by atoms with van der Waals surface area (Å²) in [4.78, 5) is 12.6. The molecule has 3 unspecified atom stereocenters. The minimum absolute atomic E-state index is 0.147. The van der Waals surface area contributed by atoms with Crippen LogP contribution in [0.15, 0.2) is 24.3 Å². The fourth-order valence-electron chi connectivity index (χ4n) is 10.7. The van der Waals surface area contributed by atoms with Gasteiger partial charge in [-0.1, -0.05) is 327 Å². The topological polar surface area (TPSA) is 89.8 Å². The van der Waals surface area contributed by atoms with Gasteiger partial charge in [0.2, 0.25) is 5.91 Å². The van der Waals surface area contributed by atoms with E-state index in [0.717, 1.165) is 38.5 Å². The van der Waals surface area contributed by atoms with Gasteiger partial charge in [-0.15, -0.1) is 0 Å². The van der Waals surface area contributed by atoms with Crippen LogP contribution in [0.2, 0.25) is 0 Å². The Kier molecular flexibility index (Phi) is 61.4. The van der Waals surface area contributed by atoms with Crippen LogP contribution in [-0.4, -0.2) is 46.1 Å². The largest absolute Gasteiger partial charge is 0.394 e. The standard InChI is InChI=1S/C67H131NO4/c1-3-5-7-9-11-13-15-17-19-21-23-25-26-27-28-29-30-31-32-33-34-35-36-37-38-39-40-42-44-46-48-50-52-54-56-58-60-62-66(71)68-64(63-69)67(72)65(70)61-59-57-55-53-51-49-47-45-43-41-24-22-20-18-16-14-12-10-8-6-4-2/h31-32,53,55,64-65,67,69-70,72H,3-30,33-52,54,56-63H2,1-2H3,(H,68,71)/b32-31-,55-53+. The van der Waals surface area contributed by atoms with Gasteiger partial charge in [0, 0.05) is 6.42 Å². The van der Waals surface area contributed by atoms with Crippen molar-refractivity contribution in [3.8, 4) is 0 Å². The molecule has 0 fully saturated rings. The molecule has 5 heteroatoms. The number of unbranched alkanes of at least 4 members (excludes halogenated alkanes) is 50. The molecule has 5 nitrogen and oxygen atoms in total. The Labute approximate surface area is 452 Å². The average molecular weight is 1010 g/mol. The summed E-state index contributed by atoms with van der Waals surface area (Å²) >= 11 is 0. The lowest BCUT2D eigenvalue weighted by atomic mass is 10.0. The predicted octanol–water partition coefficient (Wildman–Crippen LogP) is 21.2. The molecular formula is C67H131NO4. The zero-order valence-corrected chi connectivity index (χ0v) is 49.1. The minimum atomic E-state index is -1.16. The summed E-state index contributed by atoms with van der Waals surface area (Å²) in [5.74, 6) is -0.147. The van der Waals surface area contributed by atoms with Crippen LogP contribution in [0.4, 0.5) is 0 Å². The number of amides is 1. The zero-order valence-electron chi connectivity index (χ0n) is 49.1. The van der Waals surface area contributed by atoms with Crippen molar-refractivity contribution in [1.82, 2.24) is 5.32 Å². The summed E-state index contributed by atoms with van der Waals surface area (Å²) in [6, 6.07) is -0.825. The first kappa shape index (κ1) is 70.8. The fraction of sp³-hybridized carbons (Fsp3) is 0.925. The van der Waals surface area contributed by atoms with Crippen molar-refractivity contribution in [2.45, 2.75) is 392 Å². The number of nitrogens with one attached hydrogen (secondary N) is 1. The molecule has 0 saturated heterocycles. The molecule has 72 heavy (non-hydrogen) atoms. The van der Waals surface area contributed by atoms with Crippen molar-refractivity contribution in [3.05, 3.63) is 24.3 Å². The molecule has 0 aliphatic rings. The number of hydrogen-bond acceptors (Lipinski definition) is 4. The molecule has 0 radical (unpaired) electrons. The third kappa shape index (κ3) is 56.6. The molecule has 0 aromatic rings. The highest BCUT2D eigenvalue weighted by molar-refractivity contribution is 5.76. The van der Waals surface area contributed by atoms with E-state index in [-0.39, 0.29) is 12.5 Å². The van der Waals surface area contributed by atoms with Crippen LogP contribution in [-0.2, 0) is 4.79 Å². The molecule has 4 N–H and O–H groups in total. The van der Waals surface area contributed by atoms with E-state index >= 15 is 0 Å². The van der Waals surface area contributed by atoms with Gasteiger partial charge in [0.25, 0.3) is 0 Å². The first-order chi connectivity index (χ1) is 35.6. The van der Waals surface area contributed by atoms with E-state index in [1.54, 1.807) is 0 Å². The van der Waals surface area contributed by atoms with Crippen molar-refractivity contribution in [2.75, 3.05) is 6.61 Å². The maximum Gasteiger partial charge on any atom is 0.220 e. The van der Waals surface area contributed by atoms with Crippen molar-refractivity contribution in [3.63, 3.8) is 0 Å². The highest BCUT2D eigenvalue weighted by Gasteiger charge is 2.26. The lowest BCUT2D eigenvalue weighted by molar-refractivity contribution is -0.124. The molecule has 0 rings (SSSR count). The number of hydrogen-bond donors (Lipinski definition) is 4. The summed E-state index contributed by atoms with van der Waals surface area (Å²) in [7, 11) is 0. The van der Waals surface area contributed by atoms with Crippen LogP contribution >= 0.6 is 0 Å². The van der Waals surface area contributed by atoms with Gasteiger partial charge in [0.15, 0.2) is 0 Å². The summed E-state index contributed by atoms with van der Waals surface area (Å²) in [6.45, 7) is 4.22. The van der Waals surface area contributed by atoms with E-state index in [1.807, 2.05) is 0 Å². The number of aliphatic hydroxyl groups excluding tert-OH is 3. The summed E-state index contributed by atoms with van der Waals surface area (Å²) < 4.78 is 0. The Morgan fingerprint density at radius 1 is 0.333 bits per heavy atom. The molecule has 428 valence electrons. The zero-order chi connectivity index (χ0) is 52.2. The van der Waals surface area contributed by atoms with Crippen molar-refractivity contribution in [2.24, 2.45) is 0 Å². The number of rotatable bonds is 62. The minimum Gasteiger partial charge on any atom is -0.394 e. The fourth-order valence-corrected chi connectivity index (χ4v) is 10.7. The highest BCUT2D eigenvalue weighted by Crippen LogP contribution is 2.19. The molecule has 0 bridgehead atoms. The second-order valence-corrected chi connectivity index (χ2v) is 23.0. The molecule has 0 aromatic carbocycles. The number of carbonyl (C=O) groups excluding carboxylic acids is 1. The van der Waals surface area contributed by atoms with Gasteiger partial charge in [-0.25, -0.2) is 0 Å². The summed E-state index contributed by atoms with van der Waals surface area (Å²) in [5.41, 5.74) is 0. The van der Waals surface area contributed by atoms with Crippen LogP contribution in [0.25, 0.3) is 0 Å². The van der Waals surface area contributed by atoms with E-state index in [9.17, 15) is 20.1 Å². The van der Waals surface area contributed by atoms with Gasteiger partial charge in [-0.05, 0) is 64.2 Å². The summed E-state index contributed by atoms with van der Waals surface area (Å²) in [5, 5.41) is 33.8. The second kappa shape index (κ2) is 62.4. The van der Waals surface area contributed by atoms with Gasteiger partial charge in [-0.3, -0.25) is 4.79 Å². The van der Waals surface area contributed by atoms with E-state index in [4.69, 9.17) is 0 Å². The van der Waals surface area contributed by atoms with Gasteiger partial charge in [-0.2, -0.15) is 0 Å². The van der Waals surface area contributed by atoms with Crippen LogP contribution < -0.4 is 5.32 Å². The molecule has 3 atom stereocenters. The third-order valence-corrected chi connectivity index (χ3v) is 15.8. The smallest absolute Gasteiger partial charge is 0.220 e. The Morgan fingerprint density at radius 3 is 0.806 bits per heavy atom. The van der Waals surface area contributed by atoms with E-state index in [1.165, 1.54) is 308 Å². The Hall–Kier alpha value is -1.17. The Morgan fingerprint density at radius 2 is 0.556 bits per heavy atom. The van der Waals surface area contributed by atoms with Gasteiger partial charge in [0.1, 0.15) is 6.10 Å². The predicted molar refractivity (Wildman–Crippen MR) is 319 cm³/mol. The Bertz CT molecular complexity index is 1080. The van der Waals surface area contributed by atoms with Gasteiger partial charge < -0.3 is 20.6 Å². The first-order valence-electron chi connectivity index (χ1n) is 33.1. The van der Waals surface area contributed by atoms with Crippen molar-refractivity contribution < 1.29 is 20.1 Å². The summed E-state index contributed by atoms with van der Waals surface area (Å²) in [6.07, 6.45) is 81.0. The SMILES string of the molecule is CCCCCCCCCCCCCCCCCC/C=C\CCCCCCCCCCCCCCCCCCCC(=O)NC(CO)C(O)C(O)CCC/C=C/CCCCCCCCCCCCCCCCCC. The van der Waals surface area contributed by atoms with Crippen LogP contribution in [0.3, 0.4) is 0 Å². The van der Waals surface area contributed by atoms with Gasteiger partial charge in [0.05, 0.1) is 18.8 Å². The highest BCUT2D eigenvalue weighted by atomic mass is 16.3. The Balaban J connectivity index is 3.47. The molecule has 0 aromatic heterocycles. The first-order valence-corrected chi connectivity index (χ1v) is 33.1. The number of allylic oxidation sites excluding steroid dienone is 4. The van der Waals surface area contributed by atoms with E-state index in [0.29, 0.717) is 12.8 Å². The third-order valence-electron chi connectivity index (χ3n) is 15.8. The second-order valence-electron chi connectivity index (χ2n) is 23.0. The molecular weight excluding hydrogens is 883 g/mol. The molecule has 0 saturated carbocycles. The van der Waals surface area contributed by atoms with Gasteiger partial charge >= 0.3 is 0 Å². The molecule has 0 aliphatic heterocycles. The normalized spacial score (nSPS) is 13.2. The number of aliphatic hydroxyl groups is 3. The quantitative estimate of drug-likeness (QED) is 0.0361. The lowest BCUT2D eigenvalue weighted by Crippen LogP contribution is -2.50. The molecule has 1 amide bonds. The lowest BCUT2D eigenvalue weighted by Gasteiger charge is -2.26. The van der Waals surface area contributed by atoms with Crippen LogP contribution in [0, 0.1) is 0 Å². The molecule has 0 aliphatic carbocycles. The average Bonchev–Trinajstić information content (AvgIpc) is 3.39. The van der Waals surface area contributed by atoms with Crippen LogP contribution in [0.5, 0.6) is 0 Å². The molecule has 0 heterocycles.